The van der Waals surface area contributed by atoms with E-state index in [9.17, 15) is 4.79 Å². The molecule has 25 heavy (non-hydrogen) atoms. The topological polar surface area (TPSA) is 29.5 Å². The van der Waals surface area contributed by atoms with Crippen LogP contribution >= 0.6 is 0 Å². The van der Waals surface area contributed by atoms with Crippen LogP contribution in [0.1, 0.15) is 29.8 Å². The predicted molar refractivity (Wildman–Crippen MR) is 102 cm³/mol. The number of carbonyl (C=O) groups excluding carboxylic acids is 1. The Hall–Kier alpha value is -2.39. The number of ether oxygens (including phenoxy) is 1. The lowest BCUT2D eigenvalue weighted by molar-refractivity contribution is 0.104. The van der Waals surface area contributed by atoms with Crippen LogP contribution in [-0.4, -0.2) is 32.1 Å². The molecule has 0 atom stereocenters. The average Bonchev–Trinajstić information content (AvgIpc) is 2.68. The fourth-order valence-corrected chi connectivity index (χ4v) is 3.00. The monoisotopic (exact) mass is 335 g/mol. The van der Waals surface area contributed by atoms with Crippen LogP contribution in [0.25, 0.3) is 0 Å². The normalized spacial score (nSPS) is 15.5. The summed E-state index contributed by atoms with van der Waals surface area (Å²) in [7, 11) is 0. The lowest BCUT2D eigenvalue weighted by Gasteiger charge is -2.28. The molecule has 3 rings (SSSR count). The minimum atomic E-state index is -0.176. The van der Waals surface area contributed by atoms with Crippen LogP contribution < -0.4 is 4.90 Å². The van der Waals surface area contributed by atoms with Crippen LogP contribution in [0.5, 0.6) is 0 Å². The van der Waals surface area contributed by atoms with Gasteiger partial charge >= 0.3 is 0 Å². The molecule has 1 aliphatic rings. The first-order chi connectivity index (χ1) is 12.1. The van der Waals surface area contributed by atoms with Gasteiger partial charge in [-0.1, -0.05) is 50.3 Å². The molecule has 0 saturated carbocycles. The third kappa shape index (κ3) is 4.37. The van der Waals surface area contributed by atoms with Gasteiger partial charge in [0, 0.05) is 29.8 Å². The van der Waals surface area contributed by atoms with Crippen LogP contribution in [0, 0.1) is 0 Å². The van der Waals surface area contributed by atoms with Crippen molar-refractivity contribution in [3.8, 4) is 0 Å². The van der Waals surface area contributed by atoms with Gasteiger partial charge in [-0.3, -0.25) is 4.79 Å². The lowest BCUT2D eigenvalue weighted by Crippen LogP contribution is -2.36. The molecule has 0 aliphatic carbocycles. The number of hydrogen-bond acceptors (Lipinski definition) is 3. The molecule has 3 nitrogen and oxygen atoms in total. The van der Waals surface area contributed by atoms with E-state index in [1.807, 2.05) is 48.5 Å². The number of allylic oxidation sites excluding steroid dienone is 2. The molecule has 1 aliphatic heterocycles. The van der Waals surface area contributed by atoms with E-state index >= 15 is 0 Å². The summed E-state index contributed by atoms with van der Waals surface area (Å²) < 4.78 is 5.38. The van der Waals surface area contributed by atoms with Crippen LogP contribution in [0.2, 0.25) is 0 Å². The fourth-order valence-electron chi connectivity index (χ4n) is 3.00. The van der Waals surface area contributed by atoms with Crippen LogP contribution in [-0.2, 0) is 10.2 Å². The largest absolute Gasteiger partial charge is 0.378 e. The second-order valence-corrected chi connectivity index (χ2v) is 6.93. The van der Waals surface area contributed by atoms with E-state index in [1.54, 1.807) is 6.08 Å². The smallest absolute Gasteiger partial charge is 0.185 e. The van der Waals surface area contributed by atoms with E-state index < -0.39 is 0 Å². The van der Waals surface area contributed by atoms with Gasteiger partial charge in [-0.15, -0.1) is 0 Å². The Morgan fingerprint density at radius 2 is 1.64 bits per heavy atom. The van der Waals surface area contributed by atoms with E-state index in [-0.39, 0.29) is 11.2 Å². The van der Waals surface area contributed by atoms with Crippen LogP contribution in [0.4, 0.5) is 5.69 Å². The quantitative estimate of drug-likeness (QED) is 0.605. The molecule has 130 valence electrons. The second-order valence-electron chi connectivity index (χ2n) is 6.93. The Labute approximate surface area is 149 Å². The fraction of sp³-hybridized carbons (Fsp3) is 0.318. The summed E-state index contributed by atoms with van der Waals surface area (Å²) in [5.41, 5.74) is 2.89. The van der Waals surface area contributed by atoms with Crippen molar-refractivity contribution in [3.63, 3.8) is 0 Å². The minimum absolute atomic E-state index is 0.0394. The number of rotatable bonds is 5. The van der Waals surface area contributed by atoms with E-state index in [2.05, 4.69) is 30.9 Å². The summed E-state index contributed by atoms with van der Waals surface area (Å²) in [6.45, 7) is 7.56. The maximum atomic E-state index is 12.5. The number of morpholine rings is 1. The second kappa shape index (κ2) is 7.66. The first-order valence-corrected chi connectivity index (χ1v) is 8.78. The van der Waals surface area contributed by atoms with Gasteiger partial charge in [-0.05, 0) is 35.9 Å². The van der Waals surface area contributed by atoms with E-state index in [4.69, 9.17) is 4.74 Å². The first-order valence-electron chi connectivity index (χ1n) is 8.78. The van der Waals surface area contributed by atoms with Crippen molar-refractivity contribution in [1.29, 1.82) is 0 Å². The Morgan fingerprint density at radius 3 is 2.28 bits per heavy atom. The lowest BCUT2D eigenvalue weighted by atomic mass is 9.84. The molecule has 1 saturated heterocycles. The van der Waals surface area contributed by atoms with E-state index in [0.717, 1.165) is 37.6 Å². The molecule has 0 aromatic heterocycles. The van der Waals surface area contributed by atoms with Gasteiger partial charge in [0.25, 0.3) is 0 Å². The van der Waals surface area contributed by atoms with Crippen LogP contribution in [0.3, 0.4) is 0 Å². The summed E-state index contributed by atoms with van der Waals surface area (Å²) in [6, 6.07) is 18.1. The zero-order valence-electron chi connectivity index (χ0n) is 14.9. The van der Waals surface area contributed by atoms with Gasteiger partial charge in [0.15, 0.2) is 5.78 Å². The van der Waals surface area contributed by atoms with Crippen molar-refractivity contribution in [1.82, 2.24) is 0 Å². The molecule has 0 bridgehead atoms. The highest BCUT2D eigenvalue weighted by molar-refractivity contribution is 6.04. The van der Waals surface area contributed by atoms with E-state index in [1.165, 1.54) is 5.56 Å². The number of nitrogens with zero attached hydrogens (tertiary/aromatic N) is 1. The summed E-state index contributed by atoms with van der Waals surface area (Å²) in [6.07, 6.45) is 3.68. The minimum Gasteiger partial charge on any atom is -0.378 e. The van der Waals surface area contributed by atoms with Crippen molar-refractivity contribution in [2.45, 2.75) is 19.3 Å². The number of hydrogen-bond donors (Lipinski definition) is 0. The molecular formula is C22H25NO2. The summed E-state index contributed by atoms with van der Waals surface area (Å²) in [4.78, 5) is 14.8. The molecule has 0 radical (unpaired) electrons. The zero-order valence-corrected chi connectivity index (χ0v) is 14.9. The Morgan fingerprint density at radius 1 is 1.00 bits per heavy atom. The molecule has 0 unspecified atom stereocenters. The molecule has 3 heteroatoms. The van der Waals surface area contributed by atoms with Gasteiger partial charge in [0.05, 0.1) is 13.2 Å². The molecule has 2 aromatic carbocycles. The summed E-state index contributed by atoms with van der Waals surface area (Å²) in [5, 5.41) is 0. The maximum Gasteiger partial charge on any atom is 0.185 e. The Balaban J connectivity index is 1.68. The molecule has 0 amide bonds. The van der Waals surface area contributed by atoms with E-state index in [0.29, 0.717) is 0 Å². The highest BCUT2D eigenvalue weighted by Crippen LogP contribution is 2.24. The van der Waals surface area contributed by atoms with Gasteiger partial charge in [0.1, 0.15) is 0 Å². The summed E-state index contributed by atoms with van der Waals surface area (Å²) in [5.74, 6) is 0.0394. The maximum absolute atomic E-state index is 12.5. The molecular weight excluding hydrogens is 310 g/mol. The molecule has 0 N–H and O–H groups in total. The Bertz CT molecular complexity index is 726. The molecule has 2 aromatic rings. The van der Waals surface area contributed by atoms with Crippen LogP contribution in [0.15, 0.2) is 66.7 Å². The highest BCUT2D eigenvalue weighted by Gasteiger charge is 2.17. The zero-order chi connectivity index (χ0) is 17.7. The predicted octanol–water partition coefficient (Wildman–Crippen LogP) is 4.24. The van der Waals surface area contributed by atoms with Crippen molar-refractivity contribution in [2.75, 3.05) is 31.2 Å². The third-order valence-corrected chi connectivity index (χ3v) is 4.70. The van der Waals surface area contributed by atoms with Crippen molar-refractivity contribution in [3.05, 3.63) is 77.9 Å². The van der Waals surface area contributed by atoms with Gasteiger partial charge in [0.2, 0.25) is 0 Å². The van der Waals surface area contributed by atoms with Crippen molar-refractivity contribution >= 4 is 11.5 Å². The number of anilines is 1. The number of carbonyl (C=O) groups is 1. The SMILES string of the molecule is CC(C)(/C=C/C(=O)c1ccc(N2CCOCC2)cc1)c1ccccc1. The van der Waals surface area contributed by atoms with Crippen molar-refractivity contribution in [2.24, 2.45) is 0 Å². The van der Waals surface area contributed by atoms with Crippen molar-refractivity contribution < 1.29 is 9.53 Å². The van der Waals surface area contributed by atoms with Gasteiger partial charge in [-0.25, -0.2) is 0 Å². The molecule has 0 spiro atoms. The third-order valence-electron chi connectivity index (χ3n) is 4.70. The van der Waals surface area contributed by atoms with Gasteiger partial charge < -0.3 is 9.64 Å². The standard InChI is InChI=1S/C22H25NO2/c1-22(2,19-6-4-3-5-7-19)13-12-21(24)18-8-10-20(11-9-18)23-14-16-25-17-15-23/h3-13H,14-17H2,1-2H3/b13-12+. The molecule has 1 heterocycles. The summed E-state index contributed by atoms with van der Waals surface area (Å²) >= 11 is 0. The Kier molecular flexibility index (Phi) is 5.34. The number of ketones is 1. The molecule has 1 fully saturated rings. The first kappa shape index (κ1) is 17.4. The number of benzene rings is 2. The average molecular weight is 335 g/mol. The highest BCUT2D eigenvalue weighted by atomic mass is 16.5. The van der Waals surface area contributed by atoms with Gasteiger partial charge in [-0.2, -0.15) is 0 Å².